The monoisotopic (exact) mass is 222 g/mol. The number of hydrogen-bond donors (Lipinski definition) is 2. The van der Waals surface area contributed by atoms with E-state index in [1.54, 1.807) is 0 Å². The molecule has 0 aliphatic heterocycles. The molecule has 0 atom stereocenters. The Morgan fingerprint density at radius 3 is 2.93 bits per heavy atom. The Morgan fingerprint density at radius 1 is 1.53 bits per heavy atom. The van der Waals surface area contributed by atoms with Crippen LogP contribution in [0.4, 0.5) is 5.69 Å². The molecule has 4 nitrogen and oxygen atoms in total. The van der Waals surface area contributed by atoms with Crippen molar-refractivity contribution < 1.29 is 4.79 Å². The Bertz CT molecular complexity index is 583. The number of hydrogen-bond acceptors (Lipinski definition) is 3. The Labute approximate surface area is 89.9 Å². The van der Waals surface area contributed by atoms with Gasteiger partial charge in [-0.25, -0.2) is 0 Å². The maximum atomic E-state index is 11.6. The van der Waals surface area contributed by atoms with E-state index < -0.39 is 0 Å². The largest absolute Gasteiger partial charge is 0.324 e. The zero-order chi connectivity index (χ0) is 11.0. The third-order valence-electron chi connectivity index (χ3n) is 2.13. The van der Waals surface area contributed by atoms with Crippen molar-refractivity contribution in [3.8, 4) is 0 Å². The van der Waals surface area contributed by atoms with Crippen molar-refractivity contribution in [2.45, 2.75) is 13.8 Å². The van der Waals surface area contributed by atoms with Crippen LogP contribution in [0.1, 0.15) is 12.6 Å². The van der Waals surface area contributed by atoms with E-state index in [4.69, 9.17) is 0 Å². The zero-order valence-electron chi connectivity index (χ0n) is 8.38. The van der Waals surface area contributed by atoms with Gasteiger partial charge in [0, 0.05) is 18.0 Å². The van der Waals surface area contributed by atoms with Crippen molar-refractivity contribution >= 4 is 33.0 Å². The standard InChI is InChI=1S/C10H10N2O2S/c1-5-7-3-4-15-9(7)8(10(14)11-5)12-6(2)13/h3-4H,1-2H3,(H,11,14)(H,12,13). The summed E-state index contributed by atoms with van der Waals surface area (Å²) in [5, 5.41) is 5.43. The van der Waals surface area contributed by atoms with Gasteiger partial charge < -0.3 is 10.3 Å². The molecule has 2 N–H and O–H groups in total. The minimum absolute atomic E-state index is 0.237. The van der Waals surface area contributed by atoms with Gasteiger partial charge in [-0.1, -0.05) is 0 Å². The number of H-pyrrole nitrogens is 1. The molecule has 2 aromatic heterocycles. The van der Waals surface area contributed by atoms with Crippen LogP contribution in [0.2, 0.25) is 0 Å². The summed E-state index contributed by atoms with van der Waals surface area (Å²) in [6.07, 6.45) is 0. The highest BCUT2D eigenvalue weighted by Gasteiger charge is 2.10. The first kappa shape index (κ1) is 9.92. The summed E-state index contributed by atoms with van der Waals surface area (Å²) in [6.45, 7) is 3.23. The van der Waals surface area contributed by atoms with Crippen LogP contribution in [0.3, 0.4) is 0 Å². The molecule has 0 fully saturated rings. The lowest BCUT2D eigenvalue weighted by atomic mass is 10.2. The van der Waals surface area contributed by atoms with Crippen LogP contribution in [0, 0.1) is 6.92 Å². The average molecular weight is 222 g/mol. The second kappa shape index (κ2) is 3.51. The van der Waals surface area contributed by atoms with Crippen LogP contribution < -0.4 is 10.9 Å². The molecule has 0 aliphatic carbocycles. The summed E-state index contributed by atoms with van der Waals surface area (Å²) in [6, 6.07) is 1.93. The maximum Gasteiger partial charge on any atom is 0.273 e. The number of amides is 1. The molecule has 2 aromatic rings. The van der Waals surface area contributed by atoms with Crippen molar-refractivity contribution in [1.82, 2.24) is 4.98 Å². The summed E-state index contributed by atoms with van der Waals surface area (Å²) < 4.78 is 0.825. The lowest BCUT2D eigenvalue weighted by Gasteiger charge is -2.04. The van der Waals surface area contributed by atoms with Crippen molar-refractivity contribution in [2.24, 2.45) is 0 Å². The predicted octanol–water partition coefficient (Wildman–Crippen LogP) is 1.86. The van der Waals surface area contributed by atoms with Crippen LogP contribution in [0.25, 0.3) is 10.1 Å². The number of aromatic nitrogens is 1. The number of pyridine rings is 1. The van der Waals surface area contributed by atoms with E-state index in [-0.39, 0.29) is 11.5 Å². The van der Waals surface area contributed by atoms with Crippen LogP contribution in [0.15, 0.2) is 16.2 Å². The lowest BCUT2D eigenvalue weighted by Crippen LogP contribution is -2.18. The first-order chi connectivity index (χ1) is 7.09. The molecule has 15 heavy (non-hydrogen) atoms. The fourth-order valence-corrected chi connectivity index (χ4v) is 2.44. The number of carbonyl (C=O) groups is 1. The normalized spacial score (nSPS) is 10.5. The first-order valence-electron chi connectivity index (χ1n) is 4.47. The molecular formula is C10H10N2O2S. The predicted molar refractivity (Wildman–Crippen MR) is 61.5 cm³/mol. The molecule has 0 radical (unpaired) electrons. The van der Waals surface area contributed by atoms with Crippen LogP contribution in [0.5, 0.6) is 0 Å². The van der Waals surface area contributed by atoms with Gasteiger partial charge >= 0.3 is 0 Å². The van der Waals surface area contributed by atoms with E-state index in [1.165, 1.54) is 18.3 Å². The van der Waals surface area contributed by atoms with E-state index >= 15 is 0 Å². The van der Waals surface area contributed by atoms with Crippen LogP contribution in [-0.4, -0.2) is 10.9 Å². The van der Waals surface area contributed by atoms with Gasteiger partial charge in [-0.3, -0.25) is 9.59 Å². The number of fused-ring (bicyclic) bond motifs is 1. The number of nitrogens with one attached hydrogen (secondary N) is 2. The molecule has 0 aliphatic rings. The van der Waals surface area contributed by atoms with Gasteiger partial charge in [-0.2, -0.15) is 0 Å². The van der Waals surface area contributed by atoms with Gasteiger partial charge in [0.2, 0.25) is 5.91 Å². The van der Waals surface area contributed by atoms with Gasteiger partial charge in [0.25, 0.3) is 5.56 Å². The quantitative estimate of drug-likeness (QED) is 0.773. The summed E-state index contributed by atoms with van der Waals surface area (Å²) in [5.41, 5.74) is 0.918. The van der Waals surface area contributed by atoms with Gasteiger partial charge in [0.05, 0.1) is 4.70 Å². The molecule has 0 bridgehead atoms. The van der Waals surface area contributed by atoms with Gasteiger partial charge in [-0.05, 0) is 18.4 Å². The fraction of sp³-hybridized carbons (Fsp3) is 0.200. The summed E-state index contributed by atoms with van der Waals surface area (Å²) in [4.78, 5) is 25.3. The number of rotatable bonds is 1. The number of aryl methyl sites for hydroxylation is 1. The third kappa shape index (κ3) is 1.66. The summed E-state index contributed by atoms with van der Waals surface area (Å²) >= 11 is 1.45. The van der Waals surface area contributed by atoms with E-state index in [1.807, 2.05) is 18.4 Å². The van der Waals surface area contributed by atoms with Crippen molar-refractivity contribution in [3.63, 3.8) is 0 Å². The number of carbonyl (C=O) groups excluding carboxylic acids is 1. The van der Waals surface area contributed by atoms with Crippen molar-refractivity contribution in [1.29, 1.82) is 0 Å². The number of anilines is 1. The Balaban J connectivity index is 2.76. The lowest BCUT2D eigenvalue weighted by molar-refractivity contribution is -0.114. The zero-order valence-corrected chi connectivity index (χ0v) is 9.20. The second-order valence-corrected chi connectivity index (χ2v) is 4.21. The Morgan fingerprint density at radius 2 is 2.27 bits per heavy atom. The minimum atomic E-state index is -0.252. The second-order valence-electron chi connectivity index (χ2n) is 3.30. The van der Waals surface area contributed by atoms with E-state index in [9.17, 15) is 9.59 Å². The number of aromatic amines is 1. The highest BCUT2D eigenvalue weighted by Crippen LogP contribution is 2.27. The molecule has 0 saturated carbocycles. The van der Waals surface area contributed by atoms with E-state index in [0.29, 0.717) is 5.69 Å². The van der Waals surface area contributed by atoms with Gasteiger partial charge in [0.15, 0.2) is 0 Å². The highest BCUT2D eigenvalue weighted by molar-refractivity contribution is 7.17. The third-order valence-corrected chi connectivity index (χ3v) is 3.06. The molecule has 0 spiro atoms. The molecule has 78 valence electrons. The number of thiophene rings is 1. The fourth-order valence-electron chi connectivity index (χ4n) is 1.49. The SMILES string of the molecule is CC(=O)Nc1c(=O)[nH]c(C)c2ccsc12. The maximum absolute atomic E-state index is 11.6. The van der Waals surface area contributed by atoms with Gasteiger partial charge in [0.1, 0.15) is 5.69 Å². The summed E-state index contributed by atoms with van der Waals surface area (Å²) in [7, 11) is 0. The minimum Gasteiger partial charge on any atom is -0.324 e. The molecule has 2 heterocycles. The smallest absolute Gasteiger partial charge is 0.273 e. The Kier molecular flexibility index (Phi) is 2.32. The first-order valence-corrected chi connectivity index (χ1v) is 5.35. The Hall–Kier alpha value is -1.62. The molecule has 0 saturated heterocycles. The van der Waals surface area contributed by atoms with Crippen molar-refractivity contribution in [3.05, 3.63) is 27.5 Å². The molecule has 0 unspecified atom stereocenters. The molecule has 1 amide bonds. The van der Waals surface area contributed by atoms with Crippen molar-refractivity contribution in [2.75, 3.05) is 5.32 Å². The highest BCUT2D eigenvalue weighted by atomic mass is 32.1. The van der Waals surface area contributed by atoms with Gasteiger partial charge in [-0.15, -0.1) is 11.3 Å². The topological polar surface area (TPSA) is 62.0 Å². The van der Waals surface area contributed by atoms with Crippen LogP contribution in [-0.2, 0) is 4.79 Å². The van der Waals surface area contributed by atoms with Crippen LogP contribution >= 0.6 is 11.3 Å². The average Bonchev–Trinajstić information content (AvgIpc) is 2.60. The molecule has 2 rings (SSSR count). The molecular weight excluding hydrogens is 212 g/mol. The van der Waals surface area contributed by atoms with E-state index in [2.05, 4.69) is 10.3 Å². The summed E-state index contributed by atoms with van der Waals surface area (Å²) in [5.74, 6) is -0.237. The molecule has 0 aromatic carbocycles. The van der Waals surface area contributed by atoms with E-state index in [0.717, 1.165) is 15.8 Å². The molecule has 5 heteroatoms.